The van der Waals surface area contributed by atoms with Gasteiger partial charge in [0, 0.05) is 11.2 Å². The third-order valence-corrected chi connectivity index (χ3v) is 4.12. The van der Waals surface area contributed by atoms with Crippen molar-refractivity contribution in [1.82, 2.24) is 14.6 Å². The summed E-state index contributed by atoms with van der Waals surface area (Å²) in [6.45, 7) is 4.76. The normalized spacial score (nSPS) is 11.0. The predicted molar refractivity (Wildman–Crippen MR) is 97.9 cm³/mol. The average Bonchev–Trinajstić information content (AvgIpc) is 2.95. The zero-order valence-electron chi connectivity index (χ0n) is 14.3. The Balaban J connectivity index is 1.85. The Morgan fingerprint density at radius 1 is 0.960 bits per heavy atom. The number of hydrogen-bond acceptors (Lipinski definition) is 3. The average molecular weight is 330 g/mol. The van der Waals surface area contributed by atoms with E-state index >= 15 is 0 Å². The van der Waals surface area contributed by atoms with Crippen LogP contribution < -0.4 is 9.88 Å². The Labute approximate surface area is 146 Å². The molecule has 0 amide bonds. The standard InChI is InChI=1S/C20H20N5/c1-15-13-16(2)25-20(21-15)24(14-17-9-5-3-6-10-17)19(23-25)22-18-11-7-4-8-12-18/h3-13H,14H2,1-2H3,(H,22,23)/q+1. The zero-order valence-corrected chi connectivity index (χ0v) is 14.3. The van der Waals surface area contributed by atoms with E-state index in [9.17, 15) is 0 Å². The number of rotatable bonds is 4. The monoisotopic (exact) mass is 330 g/mol. The molecular weight excluding hydrogens is 310 g/mol. The van der Waals surface area contributed by atoms with E-state index in [1.54, 1.807) is 0 Å². The molecular formula is C20H20N5+. The van der Waals surface area contributed by atoms with Gasteiger partial charge in [-0.2, -0.15) is 0 Å². The van der Waals surface area contributed by atoms with E-state index in [1.807, 2.05) is 60.8 Å². The molecule has 0 spiro atoms. The van der Waals surface area contributed by atoms with Crippen molar-refractivity contribution in [2.75, 3.05) is 5.32 Å². The fraction of sp³-hybridized carbons (Fsp3) is 0.150. The summed E-state index contributed by atoms with van der Waals surface area (Å²) in [5, 5.41) is 8.17. The molecule has 1 N–H and O–H groups in total. The largest absolute Gasteiger partial charge is 0.359 e. The molecule has 0 aliphatic rings. The van der Waals surface area contributed by atoms with Crippen LogP contribution in [0.1, 0.15) is 17.0 Å². The van der Waals surface area contributed by atoms with E-state index in [0.29, 0.717) is 6.54 Å². The summed E-state index contributed by atoms with van der Waals surface area (Å²) in [7, 11) is 0. The van der Waals surface area contributed by atoms with Gasteiger partial charge in [0.15, 0.2) is 0 Å². The summed E-state index contributed by atoms with van der Waals surface area (Å²) in [6.07, 6.45) is 0. The highest BCUT2D eigenvalue weighted by Gasteiger charge is 2.22. The molecule has 0 radical (unpaired) electrons. The molecule has 0 aliphatic heterocycles. The van der Waals surface area contributed by atoms with Crippen LogP contribution in [0.15, 0.2) is 66.7 Å². The van der Waals surface area contributed by atoms with Crippen molar-refractivity contribution in [2.45, 2.75) is 20.4 Å². The second-order valence-corrected chi connectivity index (χ2v) is 6.14. The Morgan fingerprint density at radius 3 is 2.36 bits per heavy atom. The van der Waals surface area contributed by atoms with E-state index in [4.69, 9.17) is 10.1 Å². The lowest BCUT2D eigenvalue weighted by molar-refractivity contribution is -0.651. The van der Waals surface area contributed by atoms with Gasteiger partial charge in [-0.1, -0.05) is 48.5 Å². The topological polar surface area (TPSA) is 46.1 Å². The zero-order chi connectivity index (χ0) is 17.2. The minimum atomic E-state index is 0.704. The highest BCUT2D eigenvalue weighted by molar-refractivity contribution is 5.51. The number of nitrogens with zero attached hydrogens (tertiary/aromatic N) is 4. The number of fused-ring (bicyclic) bond motifs is 1. The summed E-state index contributed by atoms with van der Waals surface area (Å²) in [6, 6.07) is 22.5. The maximum absolute atomic E-state index is 4.75. The van der Waals surface area contributed by atoms with Gasteiger partial charge in [-0.3, -0.25) is 5.32 Å². The lowest BCUT2D eigenvalue weighted by Gasteiger charge is -2.04. The van der Waals surface area contributed by atoms with Crippen LogP contribution in [0, 0.1) is 13.8 Å². The summed E-state index contributed by atoms with van der Waals surface area (Å²) in [5.74, 6) is 1.61. The first-order chi connectivity index (χ1) is 12.2. The van der Waals surface area contributed by atoms with Crippen molar-refractivity contribution < 1.29 is 4.57 Å². The molecule has 0 aliphatic carbocycles. The number of anilines is 2. The molecule has 4 rings (SSSR count). The first kappa shape index (κ1) is 15.3. The molecule has 0 saturated heterocycles. The molecule has 0 fully saturated rings. The van der Waals surface area contributed by atoms with Gasteiger partial charge in [-0.15, -0.1) is 9.50 Å². The molecule has 0 atom stereocenters. The van der Waals surface area contributed by atoms with E-state index in [1.165, 1.54) is 5.56 Å². The number of nitrogens with one attached hydrogen (secondary N) is 1. The molecule has 2 aromatic heterocycles. The molecule has 5 heteroatoms. The van der Waals surface area contributed by atoms with E-state index in [0.717, 1.165) is 28.8 Å². The van der Waals surface area contributed by atoms with Crippen molar-refractivity contribution in [1.29, 1.82) is 0 Å². The Kier molecular flexibility index (Phi) is 3.90. The van der Waals surface area contributed by atoms with Gasteiger partial charge in [0.25, 0.3) is 0 Å². The van der Waals surface area contributed by atoms with Crippen molar-refractivity contribution in [3.05, 3.63) is 83.7 Å². The molecule has 2 aromatic carbocycles. The number of aryl methyl sites for hydroxylation is 2. The summed E-state index contributed by atoms with van der Waals surface area (Å²) in [5.41, 5.74) is 4.25. The van der Waals surface area contributed by atoms with Gasteiger partial charge < -0.3 is 0 Å². The number of para-hydroxylation sites is 1. The molecule has 0 saturated carbocycles. The lowest BCUT2D eigenvalue weighted by atomic mass is 10.2. The third-order valence-electron chi connectivity index (χ3n) is 4.12. The third kappa shape index (κ3) is 3.08. The van der Waals surface area contributed by atoms with Crippen molar-refractivity contribution in [2.24, 2.45) is 0 Å². The first-order valence-electron chi connectivity index (χ1n) is 8.33. The quantitative estimate of drug-likeness (QED) is 0.583. The Hall–Kier alpha value is -3.21. The summed E-state index contributed by atoms with van der Waals surface area (Å²) < 4.78 is 4.00. The molecule has 124 valence electrons. The predicted octanol–water partition coefficient (Wildman–Crippen LogP) is 3.43. The van der Waals surface area contributed by atoms with Crippen molar-refractivity contribution in [3.63, 3.8) is 0 Å². The van der Waals surface area contributed by atoms with Crippen LogP contribution in [-0.4, -0.2) is 14.6 Å². The van der Waals surface area contributed by atoms with Crippen LogP contribution in [-0.2, 0) is 6.54 Å². The number of hydrogen-bond donors (Lipinski definition) is 1. The maximum Gasteiger partial charge on any atom is 0.359 e. The smallest absolute Gasteiger partial charge is 0.273 e. The number of aromatic nitrogens is 4. The maximum atomic E-state index is 4.75. The summed E-state index contributed by atoms with van der Waals surface area (Å²) in [4.78, 5) is 4.72. The Morgan fingerprint density at radius 2 is 1.64 bits per heavy atom. The van der Waals surface area contributed by atoms with Crippen molar-refractivity contribution in [3.8, 4) is 0 Å². The summed E-state index contributed by atoms with van der Waals surface area (Å²) >= 11 is 0. The van der Waals surface area contributed by atoms with Crippen LogP contribution >= 0.6 is 0 Å². The highest BCUT2D eigenvalue weighted by atomic mass is 15.4. The molecule has 0 bridgehead atoms. The molecule has 2 heterocycles. The number of benzene rings is 2. The van der Waals surface area contributed by atoms with E-state index in [-0.39, 0.29) is 0 Å². The van der Waals surface area contributed by atoms with Crippen LogP contribution in [0.4, 0.5) is 11.6 Å². The van der Waals surface area contributed by atoms with Gasteiger partial charge in [-0.25, -0.2) is 4.57 Å². The molecule has 5 nitrogen and oxygen atoms in total. The van der Waals surface area contributed by atoms with Gasteiger partial charge in [-0.05, 0) is 31.5 Å². The minimum Gasteiger partial charge on any atom is -0.273 e. The fourth-order valence-electron chi connectivity index (χ4n) is 2.95. The Bertz CT molecular complexity index is 1010. The molecule has 0 unspecified atom stereocenters. The second kappa shape index (κ2) is 6.36. The van der Waals surface area contributed by atoms with Gasteiger partial charge in [0.05, 0.1) is 23.6 Å². The minimum absolute atomic E-state index is 0.704. The SMILES string of the molecule is Cc1cc(C)n2nc(Nc3ccccc3)[n+](Cc3ccccc3)c2n1. The van der Waals surface area contributed by atoms with Gasteiger partial charge >= 0.3 is 11.7 Å². The van der Waals surface area contributed by atoms with Crippen molar-refractivity contribution >= 4 is 17.4 Å². The van der Waals surface area contributed by atoms with Gasteiger partial charge in [0.2, 0.25) is 0 Å². The van der Waals surface area contributed by atoms with E-state index < -0.39 is 0 Å². The lowest BCUT2D eigenvalue weighted by Crippen LogP contribution is -2.37. The van der Waals surface area contributed by atoms with Crippen LogP contribution in [0.5, 0.6) is 0 Å². The van der Waals surface area contributed by atoms with Crippen LogP contribution in [0.25, 0.3) is 5.78 Å². The molecule has 25 heavy (non-hydrogen) atoms. The van der Waals surface area contributed by atoms with Crippen LogP contribution in [0.2, 0.25) is 0 Å². The second-order valence-electron chi connectivity index (χ2n) is 6.14. The highest BCUT2D eigenvalue weighted by Crippen LogP contribution is 2.14. The first-order valence-corrected chi connectivity index (χ1v) is 8.33. The van der Waals surface area contributed by atoms with E-state index in [2.05, 4.69) is 34.1 Å². The van der Waals surface area contributed by atoms with Crippen LogP contribution in [0.3, 0.4) is 0 Å². The van der Waals surface area contributed by atoms with Gasteiger partial charge in [0.1, 0.15) is 0 Å². The fourth-order valence-corrected chi connectivity index (χ4v) is 2.95. The molecule has 4 aromatic rings.